The lowest BCUT2D eigenvalue weighted by Gasteiger charge is -2.24. The predicted molar refractivity (Wildman–Crippen MR) is 119 cm³/mol. The molecule has 0 unspecified atom stereocenters. The molecule has 0 amide bonds. The summed E-state index contributed by atoms with van der Waals surface area (Å²) in [7, 11) is -3.49. The second kappa shape index (κ2) is 8.06. The monoisotopic (exact) mass is 428 g/mol. The number of H-pyrrole nitrogens is 1. The molecule has 1 aromatic carbocycles. The van der Waals surface area contributed by atoms with Crippen molar-refractivity contribution in [2.75, 3.05) is 10.6 Å². The summed E-state index contributed by atoms with van der Waals surface area (Å²) in [5.41, 5.74) is 3.31. The van der Waals surface area contributed by atoms with Crippen LogP contribution in [0.25, 0.3) is 0 Å². The first-order valence-electron chi connectivity index (χ1n) is 9.79. The Labute approximate surface area is 177 Å². The van der Waals surface area contributed by atoms with Crippen LogP contribution in [-0.4, -0.2) is 33.3 Å². The average Bonchev–Trinajstić information content (AvgIpc) is 3.01. The van der Waals surface area contributed by atoms with Gasteiger partial charge in [-0.3, -0.25) is 5.10 Å². The summed E-state index contributed by atoms with van der Waals surface area (Å²) in [6.45, 7) is 11.1. The number of anilines is 4. The highest BCUT2D eigenvalue weighted by molar-refractivity contribution is 7.92. The van der Waals surface area contributed by atoms with Crippen molar-refractivity contribution in [2.45, 2.75) is 57.6 Å². The number of sulfone groups is 1. The average molecular weight is 429 g/mol. The fraction of sp³-hybridized carbons (Fsp3) is 0.381. The standard InChI is InChI=1S/C21H28N6O2S/c1-7-21(5,6)30(28,29)17-12-16(9-8-13(17)2)23-20-22-11-10-18(25-20)24-19-14(3)15(4)26-27-19/h8-12H,7H2,1-6H3,(H3,22,23,24,25,26,27). The Morgan fingerprint density at radius 1 is 1.10 bits per heavy atom. The predicted octanol–water partition coefficient (Wildman–Crippen LogP) is 4.57. The molecule has 3 rings (SSSR count). The Morgan fingerprint density at radius 2 is 1.83 bits per heavy atom. The lowest BCUT2D eigenvalue weighted by atomic mass is 10.1. The first-order chi connectivity index (χ1) is 14.0. The first-order valence-corrected chi connectivity index (χ1v) is 11.3. The van der Waals surface area contributed by atoms with E-state index in [1.54, 1.807) is 45.2 Å². The minimum Gasteiger partial charge on any atom is -0.324 e. The Morgan fingerprint density at radius 3 is 2.47 bits per heavy atom. The zero-order valence-electron chi connectivity index (χ0n) is 18.2. The van der Waals surface area contributed by atoms with E-state index >= 15 is 0 Å². The highest BCUT2D eigenvalue weighted by Gasteiger charge is 2.35. The van der Waals surface area contributed by atoms with E-state index in [2.05, 4.69) is 30.8 Å². The van der Waals surface area contributed by atoms with Crippen LogP contribution in [0.5, 0.6) is 0 Å². The van der Waals surface area contributed by atoms with Crippen LogP contribution < -0.4 is 10.6 Å². The Balaban J connectivity index is 1.88. The molecule has 0 saturated carbocycles. The fourth-order valence-electron chi connectivity index (χ4n) is 2.80. The molecule has 8 nitrogen and oxygen atoms in total. The number of nitrogens with zero attached hydrogens (tertiary/aromatic N) is 3. The van der Waals surface area contributed by atoms with Gasteiger partial charge in [0.1, 0.15) is 5.82 Å². The van der Waals surface area contributed by atoms with Gasteiger partial charge in [-0.05, 0) is 64.8 Å². The molecule has 0 atom stereocenters. The van der Waals surface area contributed by atoms with Crippen molar-refractivity contribution in [3.05, 3.63) is 47.3 Å². The lowest BCUT2D eigenvalue weighted by molar-refractivity contribution is 0.538. The zero-order chi connectivity index (χ0) is 22.1. The SMILES string of the molecule is CCC(C)(C)S(=O)(=O)c1cc(Nc2nccc(Nc3n[nH]c(C)c3C)n2)ccc1C. The van der Waals surface area contributed by atoms with Crippen LogP contribution in [0.3, 0.4) is 0 Å². The number of hydrogen-bond donors (Lipinski definition) is 3. The van der Waals surface area contributed by atoms with Crippen molar-refractivity contribution < 1.29 is 8.42 Å². The van der Waals surface area contributed by atoms with Gasteiger partial charge in [-0.25, -0.2) is 13.4 Å². The Hall–Kier alpha value is -2.94. The van der Waals surface area contributed by atoms with Crippen LogP contribution in [0.1, 0.15) is 44.0 Å². The van der Waals surface area contributed by atoms with E-state index in [0.29, 0.717) is 40.2 Å². The third-order valence-electron chi connectivity index (χ3n) is 5.47. The molecular weight excluding hydrogens is 400 g/mol. The van der Waals surface area contributed by atoms with Gasteiger partial charge in [0.2, 0.25) is 5.95 Å². The number of nitrogens with one attached hydrogen (secondary N) is 3. The topological polar surface area (TPSA) is 113 Å². The number of benzene rings is 1. The minimum atomic E-state index is -3.49. The maximum Gasteiger partial charge on any atom is 0.229 e. The van der Waals surface area contributed by atoms with Crippen molar-refractivity contribution >= 4 is 33.1 Å². The van der Waals surface area contributed by atoms with Crippen LogP contribution in [0.2, 0.25) is 0 Å². The van der Waals surface area contributed by atoms with E-state index in [9.17, 15) is 8.42 Å². The summed E-state index contributed by atoms with van der Waals surface area (Å²) in [5.74, 6) is 1.63. The maximum absolute atomic E-state index is 13.1. The molecule has 2 heterocycles. The summed E-state index contributed by atoms with van der Waals surface area (Å²) < 4.78 is 25.4. The summed E-state index contributed by atoms with van der Waals surface area (Å²) in [6.07, 6.45) is 2.15. The van der Waals surface area contributed by atoms with Gasteiger partial charge in [-0.2, -0.15) is 10.1 Å². The zero-order valence-corrected chi connectivity index (χ0v) is 19.0. The van der Waals surface area contributed by atoms with Gasteiger partial charge in [-0.1, -0.05) is 13.0 Å². The van der Waals surface area contributed by atoms with Crippen LogP contribution in [-0.2, 0) is 9.84 Å². The molecule has 0 radical (unpaired) electrons. The molecule has 0 aliphatic carbocycles. The molecule has 0 fully saturated rings. The molecule has 0 saturated heterocycles. The number of aryl methyl sites for hydroxylation is 2. The second-order valence-corrected chi connectivity index (χ2v) is 10.5. The quantitative estimate of drug-likeness (QED) is 0.505. The molecule has 0 aliphatic rings. The molecule has 2 aromatic heterocycles. The van der Waals surface area contributed by atoms with Crippen LogP contribution in [0.15, 0.2) is 35.4 Å². The van der Waals surface area contributed by atoms with E-state index < -0.39 is 14.6 Å². The van der Waals surface area contributed by atoms with Gasteiger partial charge in [0.05, 0.1) is 9.64 Å². The third kappa shape index (κ3) is 4.16. The molecule has 30 heavy (non-hydrogen) atoms. The highest BCUT2D eigenvalue weighted by atomic mass is 32.2. The summed E-state index contributed by atoms with van der Waals surface area (Å²) >= 11 is 0. The maximum atomic E-state index is 13.1. The van der Waals surface area contributed by atoms with Gasteiger partial charge < -0.3 is 10.6 Å². The van der Waals surface area contributed by atoms with Crippen molar-refractivity contribution in [3.8, 4) is 0 Å². The fourth-order valence-corrected chi connectivity index (χ4v) is 4.55. The van der Waals surface area contributed by atoms with Crippen molar-refractivity contribution in [2.24, 2.45) is 0 Å². The largest absolute Gasteiger partial charge is 0.324 e. The van der Waals surface area contributed by atoms with Crippen LogP contribution in [0.4, 0.5) is 23.3 Å². The summed E-state index contributed by atoms with van der Waals surface area (Å²) in [5, 5.41) is 13.4. The third-order valence-corrected chi connectivity index (χ3v) is 8.23. The second-order valence-electron chi connectivity index (χ2n) is 7.93. The number of aromatic amines is 1. The number of hydrogen-bond acceptors (Lipinski definition) is 7. The molecule has 0 aliphatic heterocycles. The van der Waals surface area contributed by atoms with Gasteiger partial charge in [-0.15, -0.1) is 0 Å². The minimum absolute atomic E-state index is 0.316. The summed E-state index contributed by atoms with van der Waals surface area (Å²) in [4.78, 5) is 9.02. The van der Waals surface area contributed by atoms with Crippen molar-refractivity contribution in [1.82, 2.24) is 20.2 Å². The van der Waals surface area contributed by atoms with Crippen molar-refractivity contribution in [1.29, 1.82) is 0 Å². The number of rotatable bonds is 7. The molecule has 9 heteroatoms. The van der Waals surface area contributed by atoms with E-state index in [1.807, 2.05) is 26.8 Å². The molecule has 3 aromatic rings. The first kappa shape index (κ1) is 21.8. The highest BCUT2D eigenvalue weighted by Crippen LogP contribution is 2.32. The number of aromatic nitrogens is 4. The molecule has 160 valence electrons. The molecular formula is C21H28N6O2S. The van der Waals surface area contributed by atoms with E-state index in [-0.39, 0.29) is 0 Å². The van der Waals surface area contributed by atoms with Gasteiger partial charge in [0.25, 0.3) is 0 Å². The summed E-state index contributed by atoms with van der Waals surface area (Å²) in [6, 6.07) is 6.99. The van der Waals surface area contributed by atoms with Crippen LogP contribution in [0, 0.1) is 20.8 Å². The lowest BCUT2D eigenvalue weighted by Crippen LogP contribution is -2.31. The Bertz CT molecular complexity index is 1170. The van der Waals surface area contributed by atoms with E-state index in [1.165, 1.54) is 0 Å². The smallest absolute Gasteiger partial charge is 0.229 e. The van der Waals surface area contributed by atoms with Gasteiger partial charge in [0.15, 0.2) is 15.7 Å². The van der Waals surface area contributed by atoms with Crippen molar-refractivity contribution in [3.63, 3.8) is 0 Å². The van der Waals surface area contributed by atoms with Crippen LogP contribution >= 0.6 is 0 Å². The van der Waals surface area contributed by atoms with Gasteiger partial charge >= 0.3 is 0 Å². The van der Waals surface area contributed by atoms with Gasteiger partial charge in [0, 0.05) is 23.1 Å². The van der Waals surface area contributed by atoms with E-state index in [0.717, 1.165) is 11.3 Å². The van der Waals surface area contributed by atoms with E-state index in [4.69, 9.17) is 0 Å². The normalized spacial score (nSPS) is 12.1. The molecule has 3 N–H and O–H groups in total. The molecule has 0 bridgehead atoms. The Kier molecular flexibility index (Phi) is 5.85. The molecule has 0 spiro atoms.